The molecule has 0 aliphatic rings. The Morgan fingerprint density at radius 3 is 2.67 bits per heavy atom. The van der Waals surface area contributed by atoms with Gasteiger partial charge in [-0.2, -0.15) is 0 Å². The van der Waals surface area contributed by atoms with Crippen LogP contribution in [0.4, 0.5) is 0 Å². The average Bonchev–Trinajstić information content (AvgIpc) is 2.76. The molecule has 1 heterocycles. The third kappa shape index (κ3) is 5.48. The first kappa shape index (κ1) is 16.9. The Morgan fingerprint density at radius 2 is 2.17 bits per heavy atom. The van der Waals surface area contributed by atoms with Crippen LogP contribution in [0.3, 0.4) is 0 Å². The Morgan fingerprint density at radius 1 is 1.50 bits per heavy atom. The summed E-state index contributed by atoms with van der Waals surface area (Å²) in [5, 5.41) is 2.00. The summed E-state index contributed by atoms with van der Waals surface area (Å²) in [5.74, 6) is -0.808. The minimum Gasteiger partial charge on any atom is -0.370 e. The first-order valence-electron chi connectivity index (χ1n) is 5.32. The van der Waals surface area contributed by atoms with Gasteiger partial charge in [0.1, 0.15) is 0 Å². The van der Waals surface area contributed by atoms with Gasteiger partial charge in [-0.3, -0.25) is 9.59 Å². The quantitative estimate of drug-likeness (QED) is 0.794. The highest BCUT2D eigenvalue weighted by molar-refractivity contribution is 7.09. The molecular formula is C11H18ClN3O2S. The van der Waals surface area contributed by atoms with Gasteiger partial charge in [-0.1, -0.05) is 6.07 Å². The second-order valence-electron chi connectivity index (χ2n) is 3.87. The monoisotopic (exact) mass is 291 g/mol. The van der Waals surface area contributed by atoms with Gasteiger partial charge in [0, 0.05) is 18.5 Å². The fourth-order valence-corrected chi connectivity index (χ4v) is 2.13. The molecule has 102 valence electrons. The van der Waals surface area contributed by atoms with Crippen molar-refractivity contribution in [2.24, 2.45) is 11.5 Å². The van der Waals surface area contributed by atoms with Crippen molar-refractivity contribution in [3.63, 3.8) is 0 Å². The number of hydrogen-bond acceptors (Lipinski definition) is 4. The number of amides is 2. The van der Waals surface area contributed by atoms with Gasteiger partial charge in [-0.25, -0.2) is 0 Å². The van der Waals surface area contributed by atoms with Crippen LogP contribution in [0, 0.1) is 0 Å². The molecule has 0 radical (unpaired) electrons. The van der Waals surface area contributed by atoms with E-state index < -0.39 is 11.9 Å². The summed E-state index contributed by atoms with van der Waals surface area (Å²) < 4.78 is 0. The van der Waals surface area contributed by atoms with Gasteiger partial charge in [0.2, 0.25) is 11.8 Å². The molecule has 2 amide bonds. The number of likely N-dealkylation sites (N-methyl/N-ethyl adjacent to an activating group) is 1. The van der Waals surface area contributed by atoms with Crippen LogP contribution < -0.4 is 11.5 Å². The normalized spacial score (nSPS) is 11.4. The first-order chi connectivity index (χ1) is 8.00. The van der Waals surface area contributed by atoms with E-state index in [9.17, 15) is 9.59 Å². The lowest BCUT2D eigenvalue weighted by Crippen LogP contribution is -2.44. The number of hydrogen-bond donors (Lipinski definition) is 2. The van der Waals surface area contributed by atoms with Crippen molar-refractivity contribution in [2.45, 2.75) is 18.9 Å². The predicted molar refractivity (Wildman–Crippen MR) is 74.7 cm³/mol. The van der Waals surface area contributed by atoms with Gasteiger partial charge >= 0.3 is 0 Å². The van der Waals surface area contributed by atoms with Crippen molar-refractivity contribution in [1.82, 2.24) is 4.90 Å². The molecule has 0 saturated heterocycles. The number of nitrogens with zero attached hydrogens (tertiary/aromatic N) is 1. The molecule has 1 aromatic rings. The van der Waals surface area contributed by atoms with Crippen LogP contribution in [0.25, 0.3) is 0 Å². The fourth-order valence-electron chi connectivity index (χ4n) is 1.43. The van der Waals surface area contributed by atoms with E-state index >= 15 is 0 Å². The van der Waals surface area contributed by atoms with E-state index in [1.807, 2.05) is 17.5 Å². The standard InChI is InChI=1S/C11H17N3O2S.ClH/c1-14(5-4-8-3-2-6-17-8)11(16)9(12)7-10(13)15;/h2-3,6,9H,4-5,7,12H2,1H3,(H2,13,15);1H. The minimum absolute atomic E-state index is 0. The number of halogens is 1. The van der Waals surface area contributed by atoms with E-state index in [-0.39, 0.29) is 24.7 Å². The number of carbonyl (C=O) groups is 2. The van der Waals surface area contributed by atoms with E-state index in [0.29, 0.717) is 6.54 Å². The molecule has 0 aliphatic carbocycles. The molecular weight excluding hydrogens is 274 g/mol. The highest BCUT2D eigenvalue weighted by atomic mass is 35.5. The summed E-state index contributed by atoms with van der Waals surface area (Å²) in [6, 6.07) is 3.16. The van der Waals surface area contributed by atoms with Crippen LogP contribution in [-0.4, -0.2) is 36.3 Å². The molecule has 1 unspecified atom stereocenters. The molecule has 0 aliphatic heterocycles. The second-order valence-corrected chi connectivity index (χ2v) is 4.90. The summed E-state index contributed by atoms with van der Waals surface area (Å²) in [6.07, 6.45) is 0.686. The molecule has 0 saturated carbocycles. The molecule has 7 heteroatoms. The van der Waals surface area contributed by atoms with Gasteiger partial charge in [0.15, 0.2) is 0 Å². The van der Waals surface area contributed by atoms with Gasteiger partial charge in [0.05, 0.1) is 12.5 Å². The maximum atomic E-state index is 11.7. The third-order valence-electron chi connectivity index (χ3n) is 2.39. The van der Waals surface area contributed by atoms with Crippen LogP contribution in [0.2, 0.25) is 0 Å². The third-order valence-corrected chi connectivity index (χ3v) is 3.32. The molecule has 0 bridgehead atoms. The van der Waals surface area contributed by atoms with E-state index in [1.165, 1.54) is 9.78 Å². The average molecular weight is 292 g/mol. The predicted octanol–water partition coefficient (Wildman–Crippen LogP) is 0.374. The Labute approximate surface area is 117 Å². The summed E-state index contributed by atoms with van der Waals surface area (Å²) in [7, 11) is 1.68. The van der Waals surface area contributed by atoms with E-state index in [2.05, 4.69) is 0 Å². The van der Waals surface area contributed by atoms with Crippen LogP contribution in [0.15, 0.2) is 17.5 Å². The smallest absolute Gasteiger partial charge is 0.239 e. The number of nitrogens with two attached hydrogens (primary N) is 2. The molecule has 0 fully saturated rings. The van der Waals surface area contributed by atoms with Crippen molar-refractivity contribution in [1.29, 1.82) is 0 Å². The first-order valence-corrected chi connectivity index (χ1v) is 6.20. The molecule has 4 N–H and O–H groups in total. The maximum absolute atomic E-state index is 11.7. The Balaban J connectivity index is 0.00000289. The van der Waals surface area contributed by atoms with Crippen molar-refractivity contribution in [3.8, 4) is 0 Å². The Kier molecular flexibility index (Phi) is 7.58. The van der Waals surface area contributed by atoms with Gasteiger partial charge in [0.25, 0.3) is 0 Å². The number of carbonyl (C=O) groups excluding carboxylic acids is 2. The van der Waals surface area contributed by atoms with Gasteiger partial charge in [-0.05, 0) is 17.9 Å². The summed E-state index contributed by atoms with van der Waals surface area (Å²) in [6.45, 7) is 0.589. The molecule has 1 aromatic heterocycles. The highest BCUT2D eigenvalue weighted by Crippen LogP contribution is 2.09. The Hall–Kier alpha value is -1.11. The molecule has 18 heavy (non-hydrogen) atoms. The molecule has 5 nitrogen and oxygen atoms in total. The zero-order valence-corrected chi connectivity index (χ0v) is 11.8. The second kappa shape index (κ2) is 8.07. The minimum atomic E-state index is -0.833. The van der Waals surface area contributed by atoms with E-state index in [0.717, 1.165) is 6.42 Å². The number of primary amides is 1. The zero-order chi connectivity index (χ0) is 12.8. The largest absolute Gasteiger partial charge is 0.370 e. The lowest BCUT2D eigenvalue weighted by Gasteiger charge is -2.20. The van der Waals surface area contributed by atoms with E-state index in [4.69, 9.17) is 11.5 Å². The van der Waals surface area contributed by atoms with Crippen LogP contribution in [0.1, 0.15) is 11.3 Å². The lowest BCUT2D eigenvalue weighted by atomic mass is 10.2. The maximum Gasteiger partial charge on any atom is 0.239 e. The van der Waals surface area contributed by atoms with Crippen molar-refractivity contribution < 1.29 is 9.59 Å². The van der Waals surface area contributed by atoms with Crippen LogP contribution in [0.5, 0.6) is 0 Å². The van der Waals surface area contributed by atoms with Crippen molar-refractivity contribution in [2.75, 3.05) is 13.6 Å². The molecule has 1 rings (SSSR count). The Bertz CT molecular complexity index is 384. The summed E-state index contributed by atoms with van der Waals surface area (Å²) in [5.41, 5.74) is 10.6. The summed E-state index contributed by atoms with van der Waals surface area (Å²) >= 11 is 1.65. The topological polar surface area (TPSA) is 89.4 Å². The fraction of sp³-hybridized carbons (Fsp3) is 0.455. The van der Waals surface area contributed by atoms with Gasteiger partial charge in [-0.15, -0.1) is 23.7 Å². The molecule has 0 spiro atoms. The van der Waals surface area contributed by atoms with Crippen LogP contribution in [-0.2, 0) is 16.0 Å². The van der Waals surface area contributed by atoms with Crippen molar-refractivity contribution >= 4 is 35.6 Å². The number of rotatable bonds is 6. The van der Waals surface area contributed by atoms with Gasteiger partial charge < -0.3 is 16.4 Å². The molecule has 0 aromatic carbocycles. The summed E-state index contributed by atoms with van der Waals surface area (Å²) in [4.78, 5) is 25.1. The van der Waals surface area contributed by atoms with Crippen LogP contribution >= 0.6 is 23.7 Å². The highest BCUT2D eigenvalue weighted by Gasteiger charge is 2.19. The SMILES string of the molecule is CN(CCc1cccs1)C(=O)C(N)CC(N)=O.Cl. The van der Waals surface area contributed by atoms with E-state index in [1.54, 1.807) is 18.4 Å². The lowest BCUT2D eigenvalue weighted by molar-refractivity contribution is -0.133. The van der Waals surface area contributed by atoms with Crippen molar-refractivity contribution in [3.05, 3.63) is 22.4 Å². The number of thiophene rings is 1. The molecule has 1 atom stereocenters. The zero-order valence-electron chi connectivity index (χ0n) is 10.2.